The number of ether oxygens (including phenoxy) is 1. The second kappa shape index (κ2) is 10.7. The zero-order valence-corrected chi connectivity index (χ0v) is 19.3. The number of methoxy groups -OCH3 is 1. The van der Waals surface area contributed by atoms with Crippen molar-refractivity contribution in [2.45, 2.75) is 31.7 Å². The number of rotatable bonds is 6. The molecule has 2 fully saturated rings. The first-order valence-corrected chi connectivity index (χ1v) is 11.7. The molecule has 8 heteroatoms. The van der Waals surface area contributed by atoms with E-state index in [4.69, 9.17) is 4.74 Å². The molecule has 1 atom stereocenters. The molecule has 34 heavy (non-hydrogen) atoms. The standard InChI is InChI=1S/C26H30FN3O4/c1-34-22-9-7-19(8-10-22)24(31)28-23(26(33)29-13-2-3-14-29)18-11-15-30(16-12-18)25(32)20-5-4-6-21(27)17-20/h4-10,17-18,23H,2-3,11-16H2,1H3,(H,28,31)/t23-/m1/s1. The topological polar surface area (TPSA) is 79.0 Å². The van der Waals surface area contributed by atoms with Crippen molar-refractivity contribution in [3.05, 3.63) is 65.5 Å². The van der Waals surface area contributed by atoms with Crippen LogP contribution in [0.3, 0.4) is 0 Å². The largest absolute Gasteiger partial charge is 0.497 e. The van der Waals surface area contributed by atoms with E-state index in [0.29, 0.717) is 55.9 Å². The first-order valence-electron chi connectivity index (χ1n) is 11.7. The molecule has 2 saturated heterocycles. The van der Waals surface area contributed by atoms with Crippen molar-refractivity contribution in [2.24, 2.45) is 5.92 Å². The van der Waals surface area contributed by atoms with Gasteiger partial charge in [-0.2, -0.15) is 0 Å². The van der Waals surface area contributed by atoms with Gasteiger partial charge in [-0.15, -0.1) is 0 Å². The van der Waals surface area contributed by atoms with Crippen LogP contribution in [0.2, 0.25) is 0 Å². The molecular weight excluding hydrogens is 437 g/mol. The lowest BCUT2D eigenvalue weighted by atomic mass is 9.88. The number of nitrogens with zero attached hydrogens (tertiary/aromatic N) is 2. The van der Waals surface area contributed by atoms with Crippen LogP contribution in [0.4, 0.5) is 4.39 Å². The summed E-state index contributed by atoms with van der Waals surface area (Å²) in [6, 6.07) is 11.8. The van der Waals surface area contributed by atoms with E-state index in [9.17, 15) is 18.8 Å². The van der Waals surface area contributed by atoms with Gasteiger partial charge in [0, 0.05) is 37.3 Å². The van der Waals surface area contributed by atoms with Gasteiger partial charge in [-0.05, 0) is 74.1 Å². The third-order valence-corrected chi connectivity index (χ3v) is 6.69. The first-order chi connectivity index (χ1) is 16.5. The molecule has 0 radical (unpaired) electrons. The summed E-state index contributed by atoms with van der Waals surface area (Å²) < 4.78 is 18.7. The van der Waals surface area contributed by atoms with Gasteiger partial charge in [0.1, 0.15) is 17.6 Å². The third-order valence-electron chi connectivity index (χ3n) is 6.69. The highest BCUT2D eigenvalue weighted by Gasteiger charge is 2.37. The van der Waals surface area contributed by atoms with Crippen molar-refractivity contribution in [2.75, 3.05) is 33.3 Å². The minimum absolute atomic E-state index is 0.0609. The van der Waals surface area contributed by atoms with Crippen LogP contribution in [0.5, 0.6) is 5.75 Å². The molecule has 2 aliphatic rings. The summed E-state index contributed by atoms with van der Waals surface area (Å²) >= 11 is 0. The summed E-state index contributed by atoms with van der Waals surface area (Å²) in [5.74, 6) is -0.475. The van der Waals surface area contributed by atoms with Crippen LogP contribution in [0.25, 0.3) is 0 Å². The molecule has 0 saturated carbocycles. The molecule has 2 heterocycles. The van der Waals surface area contributed by atoms with Gasteiger partial charge in [-0.3, -0.25) is 14.4 Å². The van der Waals surface area contributed by atoms with Crippen molar-refractivity contribution in [1.82, 2.24) is 15.1 Å². The van der Waals surface area contributed by atoms with Crippen molar-refractivity contribution in [3.8, 4) is 5.75 Å². The van der Waals surface area contributed by atoms with E-state index >= 15 is 0 Å². The number of hydrogen-bond donors (Lipinski definition) is 1. The van der Waals surface area contributed by atoms with E-state index < -0.39 is 11.9 Å². The van der Waals surface area contributed by atoms with E-state index in [1.807, 2.05) is 4.90 Å². The Balaban J connectivity index is 1.45. The number of carbonyl (C=O) groups excluding carboxylic acids is 3. The van der Waals surface area contributed by atoms with Gasteiger partial charge in [0.05, 0.1) is 7.11 Å². The minimum Gasteiger partial charge on any atom is -0.497 e. The van der Waals surface area contributed by atoms with Gasteiger partial charge in [0.2, 0.25) is 5.91 Å². The lowest BCUT2D eigenvalue weighted by molar-refractivity contribution is -0.134. The summed E-state index contributed by atoms with van der Waals surface area (Å²) in [7, 11) is 1.56. The Bertz CT molecular complexity index is 1030. The highest BCUT2D eigenvalue weighted by atomic mass is 19.1. The molecule has 1 N–H and O–H groups in total. The predicted octanol–water partition coefficient (Wildman–Crippen LogP) is 3.11. The Kier molecular flexibility index (Phi) is 7.45. The number of halogens is 1. The lowest BCUT2D eigenvalue weighted by Gasteiger charge is -2.37. The van der Waals surface area contributed by atoms with E-state index in [2.05, 4.69) is 5.32 Å². The van der Waals surface area contributed by atoms with Gasteiger partial charge in [-0.1, -0.05) is 6.07 Å². The molecule has 0 spiro atoms. The van der Waals surface area contributed by atoms with Crippen molar-refractivity contribution < 1.29 is 23.5 Å². The second-order valence-corrected chi connectivity index (χ2v) is 8.85. The maximum Gasteiger partial charge on any atom is 0.253 e. The molecule has 0 aliphatic carbocycles. The lowest BCUT2D eigenvalue weighted by Crippen LogP contribution is -2.54. The van der Waals surface area contributed by atoms with Crippen LogP contribution in [0.15, 0.2) is 48.5 Å². The van der Waals surface area contributed by atoms with Crippen LogP contribution in [-0.2, 0) is 4.79 Å². The predicted molar refractivity (Wildman–Crippen MR) is 125 cm³/mol. The third kappa shape index (κ3) is 5.38. The van der Waals surface area contributed by atoms with Crippen LogP contribution in [0.1, 0.15) is 46.4 Å². The van der Waals surface area contributed by atoms with E-state index in [1.54, 1.807) is 42.3 Å². The average molecular weight is 468 g/mol. The van der Waals surface area contributed by atoms with Gasteiger partial charge in [0.25, 0.3) is 11.8 Å². The Labute approximate surface area is 198 Å². The Morgan fingerprint density at radius 2 is 1.62 bits per heavy atom. The Hall–Kier alpha value is -3.42. The minimum atomic E-state index is -0.654. The summed E-state index contributed by atoms with van der Waals surface area (Å²) in [5.41, 5.74) is 0.773. The Morgan fingerprint density at radius 3 is 2.24 bits per heavy atom. The zero-order valence-electron chi connectivity index (χ0n) is 19.3. The SMILES string of the molecule is COc1ccc(C(=O)N[C@@H](C(=O)N2CCCC2)C2CCN(C(=O)c3cccc(F)c3)CC2)cc1. The average Bonchev–Trinajstić information content (AvgIpc) is 3.42. The fourth-order valence-corrected chi connectivity index (χ4v) is 4.72. The molecule has 180 valence electrons. The molecule has 0 bridgehead atoms. The van der Waals surface area contributed by atoms with Gasteiger partial charge in [0.15, 0.2) is 0 Å². The summed E-state index contributed by atoms with van der Waals surface area (Å²) in [5, 5.41) is 2.98. The maximum atomic E-state index is 13.5. The summed E-state index contributed by atoms with van der Waals surface area (Å²) in [6.45, 7) is 2.29. The molecule has 4 rings (SSSR count). The number of amides is 3. The normalized spacial score (nSPS) is 17.4. The second-order valence-electron chi connectivity index (χ2n) is 8.85. The van der Waals surface area contributed by atoms with Crippen LogP contribution in [0, 0.1) is 11.7 Å². The molecule has 0 unspecified atom stereocenters. The number of carbonyl (C=O) groups is 3. The molecule has 7 nitrogen and oxygen atoms in total. The van der Waals surface area contributed by atoms with Crippen molar-refractivity contribution >= 4 is 17.7 Å². The van der Waals surface area contributed by atoms with E-state index in [1.165, 1.54) is 18.2 Å². The number of hydrogen-bond acceptors (Lipinski definition) is 4. The van der Waals surface area contributed by atoms with Crippen molar-refractivity contribution in [1.29, 1.82) is 0 Å². The van der Waals surface area contributed by atoms with Crippen LogP contribution < -0.4 is 10.1 Å². The number of nitrogens with one attached hydrogen (secondary N) is 1. The molecule has 2 aromatic rings. The van der Waals surface area contributed by atoms with Crippen LogP contribution >= 0.6 is 0 Å². The van der Waals surface area contributed by atoms with E-state index in [-0.39, 0.29) is 23.6 Å². The summed E-state index contributed by atoms with van der Waals surface area (Å²) in [4.78, 5) is 42.6. The van der Waals surface area contributed by atoms with E-state index in [0.717, 1.165) is 12.8 Å². The highest BCUT2D eigenvalue weighted by Crippen LogP contribution is 2.25. The molecule has 2 aromatic carbocycles. The molecular formula is C26H30FN3O4. The first kappa shape index (κ1) is 23.7. The maximum absolute atomic E-state index is 13.5. The molecule has 0 aromatic heterocycles. The zero-order chi connectivity index (χ0) is 24.1. The van der Waals surface area contributed by atoms with Gasteiger partial charge < -0.3 is 19.9 Å². The molecule has 2 aliphatic heterocycles. The fraction of sp³-hybridized carbons (Fsp3) is 0.423. The number of piperidine rings is 1. The Morgan fingerprint density at radius 1 is 0.941 bits per heavy atom. The smallest absolute Gasteiger partial charge is 0.253 e. The quantitative estimate of drug-likeness (QED) is 0.708. The fourth-order valence-electron chi connectivity index (χ4n) is 4.72. The number of likely N-dealkylation sites (tertiary alicyclic amines) is 2. The van der Waals surface area contributed by atoms with Gasteiger partial charge in [-0.25, -0.2) is 4.39 Å². The summed E-state index contributed by atoms with van der Waals surface area (Å²) in [6.07, 6.45) is 3.08. The van der Waals surface area contributed by atoms with Crippen LogP contribution in [-0.4, -0.2) is 66.9 Å². The van der Waals surface area contributed by atoms with Crippen molar-refractivity contribution in [3.63, 3.8) is 0 Å². The molecule has 3 amide bonds. The number of benzene rings is 2. The van der Waals surface area contributed by atoms with Gasteiger partial charge >= 0.3 is 0 Å². The highest BCUT2D eigenvalue weighted by molar-refractivity contribution is 5.98. The monoisotopic (exact) mass is 467 g/mol.